The zero-order chi connectivity index (χ0) is 31.4. The summed E-state index contributed by atoms with van der Waals surface area (Å²) in [5.41, 5.74) is 0.312. The number of halogens is 7. The summed E-state index contributed by atoms with van der Waals surface area (Å²) in [7, 11) is 0. The van der Waals surface area contributed by atoms with Crippen LogP contribution in [0.5, 0.6) is 5.75 Å². The first-order chi connectivity index (χ1) is 21.1. The molecule has 2 saturated carbocycles. The Hall–Kier alpha value is -3.03. The van der Waals surface area contributed by atoms with E-state index in [4.69, 9.17) is 4.74 Å². The van der Waals surface area contributed by atoms with Gasteiger partial charge < -0.3 is 4.74 Å². The van der Waals surface area contributed by atoms with Gasteiger partial charge in [0.25, 0.3) is 0 Å². The minimum Gasteiger partial charge on any atom is -0.429 e. The Morgan fingerprint density at radius 2 is 1.07 bits per heavy atom. The maximum atomic E-state index is 15.1. The Kier molecular flexibility index (Phi) is 10.3. The summed E-state index contributed by atoms with van der Waals surface area (Å²) in [6.45, 7) is 2.16. The second-order valence-corrected chi connectivity index (χ2v) is 12.6. The van der Waals surface area contributed by atoms with Gasteiger partial charge in [0, 0.05) is 0 Å². The van der Waals surface area contributed by atoms with Crippen LogP contribution in [-0.4, -0.2) is 0 Å². The standard InChI is InChI=1S/C36H39F7O/c1-2-3-4-5-22-6-8-25(9-7-22)27-18-30(37)34(31(38)19-27)36(42,43)44-29-16-14-24(15-17-29)23-10-12-26(13-11-23)28-20-32(39)35(41)33(40)21-28/h14-23,25-26H,2-13H2,1H3. The molecule has 2 fully saturated rings. The molecule has 0 unspecified atom stereocenters. The number of rotatable bonds is 10. The van der Waals surface area contributed by atoms with E-state index in [0.717, 1.165) is 68.4 Å². The zero-order valence-electron chi connectivity index (χ0n) is 25.0. The van der Waals surface area contributed by atoms with Crippen LogP contribution in [0, 0.1) is 35.0 Å². The highest BCUT2D eigenvalue weighted by atomic mass is 19.3. The van der Waals surface area contributed by atoms with Gasteiger partial charge >= 0.3 is 6.11 Å². The van der Waals surface area contributed by atoms with Gasteiger partial charge in [-0.25, -0.2) is 22.0 Å². The summed E-state index contributed by atoms with van der Waals surface area (Å²) in [6, 6.07) is 10.1. The fraction of sp³-hybridized carbons (Fsp3) is 0.500. The van der Waals surface area contributed by atoms with Crippen LogP contribution in [-0.2, 0) is 6.11 Å². The van der Waals surface area contributed by atoms with Crippen LogP contribution in [0.3, 0.4) is 0 Å². The lowest BCUT2D eigenvalue weighted by molar-refractivity contribution is -0.189. The molecule has 5 rings (SSSR count). The van der Waals surface area contributed by atoms with Gasteiger partial charge in [0.05, 0.1) is 0 Å². The number of hydrogen-bond donors (Lipinski definition) is 0. The molecule has 2 aliphatic rings. The second-order valence-electron chi connectivity index (χ2n) is 12.6. The summed E-state index contributed by atoms with van der Waals surface area (Å²) < 4.78 is 106. The summed E-state index contributed by atoms with van der Waals surface area (Å²) in [5.74, 6) is -6.22. The van der Waals surface area contributed by atoms with Gasteiger partial charge in [0.15, 0.2) is 17.5 Å². The molecule has 0 heterocycles. The second kappa shape index (κ2) is 13.9. The van der Waals surface area contributed by atoms with E-state index in [9.17, 15) is 13.2 Å². The van der Waals surface area contributed by atoms with Crippen LogP contribution in [0.25, 0.3) is 0 Å². The zero-order valence-corrected chi connectivity index (χ0v) is 25.0. The minimum atomic E-state index is -4.22. The molecule has 3 aromatic rings. The van der Waals surface area contributed by atoms with Gasteiger partial charge in [-0.05, 0) is 128 Å². The van der Waals surface area contributed by atoms with Gasteiger partial charge in [-0.2, -0.15) is 8.78 Å². The molecule has 238 valence electrons. The Morgan fingerprint density at radius 3 is 1.57 bits per heavy atom. The van der Waals surface area contributed by atoms with Crippen molar-refractivity contribution >= 4 is 0 Å². The van der Waals surface area contributed by atoms with E-state index in [0.29, 0.717) is 42.7 Å². The van der Waals surface area contributed by atoms with E-state index in [-0.39, 0.29) is 23.5 Å². The first-order valence-corrected chi connectivity index (χ1v) is 15.9. The van der Waals surface area contributed by atoms with Crippen LogP contribution in [0.2, 0.25) is 0 Å². The van der Waals surface area contributed by atoms with Crippen LogP contribution < -0.4 is 4.74 Å². The van der Waals surface area contributed by atoms with Crippen molar-refractivity contribution < 1.29 is 35.5 Å². The van der Waals surface area contributed by atoms with Crippen LogP contribution in [0.15, 0.2) is 48.5 Å². The third-order valence-corrected chi connectivity index (χ3v) is 9.69. The van der Waals surface area contributed by atoms with Crippen molar-refractivity contribution in [2.24, 2.45) is 5.92 Å². The molecule has 0 saturated heterocycles. The van der Waals surface area contributed by atoms with Crippen molar-refractivity contribution in [1.29, 1.82) is 0 Å². The summed E-state index contributed by atoms with van der Waals surface area (Å²) >= 11 is 0. The Balaban J connectivity index is 1.18. The smallest absolute Gasteiger partial charge is 0.429 e. The molecular weight excluding hydrogens is 581 g/mol. The number of ether oxygens (including phenoxy) is 1. The lowest BCUT2D eigenvalue weighted by Crippen LogP contribution is -2.25. The number of benzene rings is 3. The van der Waals surface area contributed by atoms with Crippen molar-refractivity contribution in [3.05, 3.63) is 99.9 Å². The van der Waals surface area contributed by atoms with E-state index in [2.05, 4.69) is 6.92 Å². The van der Waals surface area contributed by atoms with E-state index in [1.165, 1.54) is 25.0 Å². The molecule has 0 aliphatic heterocycles. The van der Waals surface area contributed by atoms with Crippen molar-refractivity contribution in [2.45, 2.75) is 108 Å². The largest absolute Gasteiger partial charge is 0.432 e. The normalized spacial score (nSPS) is 22.6. The average Bonchev–Trinajstić information content (AvgIpc) is 3.00. The minimum absolute atomic E-state index is 0.0503. The topological polar surface area (TPSA) is 9.23 Å². The molecule has 0 N–H and O–H groups in total. The highest BCUT2D eigenvalue weighted by molar-refractivity contribution is 5.34. The van der Waals surface area contributed by atoms with Gasteiger partial charge in [-0.15, -0.1) is 0 Å². The van der Waals surface area contributed by atoms with Crippen LogP contribution >= 0.6 is 0 Å². The molecule has 0 bridgehead atoms. The molecule has 0 aromatic heterocycles. The SMILES string of the molecule is CCCCCC1CCC(c2cc(F)c(C(F)(F)Oc3ccc(C4CCC(c5cc(F)c(F)c(F)c5)CC4)cc3)c(F)c2)CC1. The van der Waals surface area contributed by atoms with Gasteiger partial charge in [0.1, 0.15) is 22.9 Å². The molecule has 1 nitrogen and oxygen atoms in total. The highest BCUT2D eigenvalue weighted by Gasteiger charge is 2.41. The van der Waals surface area contributed by atoms with E-state index >= 15 is 17.6 Å². The Bertz CT molecular complexity index is 1360. The number of unbranched alkanes of at least 4 members (excludes halogenated alkanes) is 2. The van der Waals surface area contributed by atoms with Gasteiger partial charge in [-0.3, -0.25) is 0 Å². The molecule has 8 heteroatoms. The lowest BCUT2D eigenvalue weighted by Gasteiger charge is -2.29. The summed E-state index contributed by atoms with van der Waals surface area (Å²) in [6.07, 6.45) is 6.65. The van der Waals surface area contributed by atoms with E-state index in [1.807, 2.05) is 0 Å². The van der Waals surface area contributed by atoms with Crippen LogP contribution in [0.4, 0.5) is 30.7 Å². The van der Waals surface area contributed by atoms with E-state index < -0.39 is 40.8 Å². The highest BCUT2D eigenvalue weighted by Crippen LogP contribution is 2.43. The Morgan fingerprint density at radius 1 is 0.614 bits per heavy atom. The van der Waals surface area contributed by atoms with Crippen molar-refractivity contribution in [2.75, 3.05) is 0 Å². The molecular formula is C36H39F7O. The molecule has 0 atom stereocenters. The van der Waals surface area contributed by atoms with Gasteiger partial charge in [-0.1, -0.05) is 44.7 Å². The maximum absolute atomic E-state index is 15.1. The predicted octanol–water partition coefficient (Wildman–Crippen LogP) is 11.8. The first kappa shape index (κ1) is 32.4. The maximum Gasteiger partial charge on any atom is 0.432 e. The quantitative estimate of drug-likeness (QED) is 0.124. The molecule has 3 aromatic carbocycles. The fourth-order valence-electron chi connectivity index (χ4n) is 7.15. The first-order valence-electron chi connectivity index (χ1n) is 15.9. The molecule has 44 heavy (non-hydrogen) atoms. The van der Waals surface area contributed by atoms with Crippen molar-refractivity contribution in [3.8, 4) is 5.75 Å². The molecule has 0 radical (unpaired) electrons. The van der Waals surface area contributed by atoms with Crippen molar-refractivity contribution in [1.82, 2.24) is 0 Å². The average molecular weight is 621 g/mol. The molecule has 0 amide bonds. The number of hydrogen-bond acceptors (Lipinski definition) is 1. The predicted molar refractivity (Wildman–Crippen MR) is 156 cm³/mol. The fourth-order valence-corrected chi connectivity index (χ4v) is 7.15. The lowest BCUT2D eigenvalue weighted by atomic mass is 9.76. The summed E-state index contributed by atoms with van der Waals surface area (Å²) in [5, 5.41) is 0. The Labute approximate surface area is 254 Å². The molecule has 0 spiro atoms. The monoisotopic (exact) mass is 620 g/mol. The third kappa shape index (κ3) is 7.43. The molecule has 2 aliphatic carbocycles. The van der Waals surface area contributed by atoms with Crippen molar-refractivity contribution in [3.63, 3.8) is 0 Å². The van der Waals surface area contributed by atoms with E-state index in [1.54, 1.807) is 12.1 Å². The summed E-state index contributed by atoms with van der Waals surface area (Å²) in [4.78, 5) is 0. The third-order valence-electron chi connectivity index (χ3n) is 9.69. The van der Waals surface area contributed by atoms with Gasteiger partial charge in [0.2, 0.25) is 0 Å². The van der Waals surface area contributed by atoms with Crippen LogP contribution in [0.1, 0.15) is 124 Å². The number of alkyl halides is 2.